The summed E-state index contributed by atoms with van der Waals surface area (Å²) in [5.41, 5.74) is 0. The van der Waals surface area contributed by atoms with E-state index in [0.29, 0.717) is 0 Å². The summed E-state index contributed by atoms with van der Waals surface area (Å²) in [5.74, 6) is -0.140. The van der Waals surface area contributed by atoms with E-state index >= 15 is 0 Å². The Kier molecular flexibility index (Phi) is 4.43. The molecule has 0 spiro atoms. The minimum atomic E-state index is -3.58. The smallest absolute Gasteiger partial charge is 0.240 e. The van der Waals surface area contributed by atoms with Gasteiger partial charge in [0, 0.05) is 13.0 Å². The third-order valence-electron chi connectivity index (χ3n) is 2.37. The number of H-pyrrole nitrogens is 1. The van der Waals surface area contributed by atoms with E-state index in [1.807, 2.05) is 0 Å². The molecule has 3 N–H and O–H groups in total. The van der Waals surface area contributed by atoms with Gasteiger partial charge in [-0.1, -0.05) is 18.2 Å². The van der Waals surface area contributed by atoms with Crippen molar-refractivity contribution in [2.45, 2.75) is 11.3 Å². The van der Waals surface area contributed by atoms with Crippen LogP contribution in [-0.2, 0) is 14.8 Å². The molecule has 1 aromatic heterocycles. The van der Waals surface area contributed by atoms with Gasteiger partial charge >= 0.3 is 0 Å². The average molecular weight is 295 g/mol. The van der Waals surface area contributed by atoms with Crippen LogP contribution < -0.4 is 10.0 Å². The third kappa shape index (κ3) is 3.87. The van der Waals surface area contributed by atoms with Crippen molar-refractivity contribution in [1.29, 1.82) is 0 Å². The maximum Gasteiger partial charge on any atom is 0.240 e. The highest BCUT2D eigenvalue weighted by Gasteiger charge is 2.13. The van der Waals surface area contributed by atoms with Crippen LogP contribution in [0.4, 0.5) is 5.95 Å². The standard InChI is InChI=1S/C11H13N5O3S/c17-10(15-11-12-8-13-16-11)6-7-14-20(18,19)9-4-2-1-3-5-9/h1-5,8,14H,6-7H2,(H2,12,13,15,16,17). The van der Waals surface area contributed by atoms with Crippen LogP contribution in [0.1, 0.15) is 6.42 Å². The van der Waals surface area contributed by atoms with Gasteiger partial charge in [0.05, 0.1) is 4.90 Å². The maximum absolute atomic E-state index is 11.9. The largest absolute Gasteiger partial charge is 0.295 e. The first kappa shape index (κ1) is 14.2. The first-order valence-corrected chi connectivity index (χ1v) is 7.26. The molecule has 0 bridgehead atoms. The predicted molar refractivity (Wildman–Crippen MR) is 71.3 cm³/mol. The molecule has 0 unspecified atom stereocenters. The fourth-order valence-corrected chi connectivity index (χ4v) is 2.50. The maximum atomic E-state index is 11.9. The van der Waals surface area contributed by atoms with E-state index in [9.17, 15) is 13.2 Å². The number of sulfonamides is 1. The molecule has 1 amide bonds. The summed E-state index contributed by atoms with van der Waals surface area (Å²) >= 11 is 0. The SMILES string of the molecule is O=C(CCNS(=O)(=O)c1ccccc1)Nc1ncn[nH]1. The predicted octanol–water partition coefficient (Wildman–Crippen LogP) is 0.112. The molecule has 1 heterocycles. The highest BCUT2D eigenvalue weighted by molar-refractivity contribution is 7.89. The van der Waals surface area contributed by atoms with Crippen LogP contribution >= 0.6 is 0 Å². The van der Waals surface area contributed by atoms with Crippen molar-refractivity contribution in [3.8, 4) is 0 Å². The van der Waals surface area contributed by atoms with Crippen LogP contribution in [0.2, 0.25) is 0 Å². The summed E-state index contributed by atoms with van der Waals surface area (Å²) in [4.78, 5) is 15.4. The van der Waals surface area contributed by atoms with Crippen molar-refractivity contribution in [2.75, 3.05) is 11.9 Å². The summed E-state index contributed by atoms with van der Waals surface area (Å²) in [6, 6.07) is 7.95. The zero-order valence-electron chi connectivity index (χ0n) is 10.4. The van der Waals surface area contributed by atoms with Crippen LogP contribution in [0.15, 0.2) is 41.6 Å². The van der Waals surface area contributed by atoms with Gasteiger partial charge in [-0.05, 0) is 12.1 Å². The fraction of sp³-hybridized carbons (Fsp3) is 0.182. The second-order valence-corrected chi connectivity index (χ2v) is 5.61. The van der Waals surface area contributed by atoms with Crippen LogP contribution in [0.5, 0.6) is 0 Å². The van der Waals surface area contributed by atoms with E-state index in [1.165, 1.54) is 18.5 Å². The van der Waals surface area contributed by atoms with Crippen molar-refractivity contribution in [3.63, 3.8) is 0 Å². The lowest BCUT2D eigenvalue weighted by Crippen LogP contribution is -2.28. The number of nitrogens with one attached hydrogen (secondary N) is 3. The van der Waals surface area contributed by atoms with Crippen molar-refractivity contribution < 1.29 is 13.2 Å². The van der Waals surface area contributed by atoms with Gasteiger partial charge in [-0.15, -0.1) is 0 Å². The Morgan fingerprint density at radius 3 is 2.65 bits per heavy atom. The molecule has 2 rings (SSSR count). The highest BCUT2D eigenvalue weighted by atomic mass is 32.2. The molecule has 0 aliphatic carbocycles. The van der Waals surface area contributed by atoms with Gasteiger partial charge < -0.3 is 0 Å². The quantitative estimate of drug-likeness (QED) is 0.699. The molecule has 9 heteroatoms. The van der Waals surface area contributed by atoms with Gasteiger partial charge in [0.2, 0.25) is 21.9 Å². The summed E-state index contributed by atoms with van der Waals surface area (Å²) < 4.78 is 26.1. The van der Waals surface area contributed by atoms with Crippen molar-refractivity contribution in [2.24, 2.45) is 0 Å². The van der Waals surface area contributed by atoms with E-state index in [0.717, 1.165) is 0 Å². The topological polar surface area (TPSA) is 117 Å². The Bertz CT molecular complexity index is 655. The summed E-state index contributed by atoms with van der Waals surface area (Å²) in [7, 11) is -3.58. The first-order chi connectivity index (χ1) is 9.58. The van der Waals surface area contributed by atoms with E-state index < -0.39 is 10.0 Å². The number of aromatic amines is 1. The Morgan fingerprint density at radius 2 is 2.00 bits per heavy atom. The van der Waals surface area contributed by atoms with Gasteiger partial charge in [-0.25, -0.2) is 18.2 Å². The molecule has 0 atom stereocenters. The van der Waals surface area contributed by atoms with E-state index in [1.54, 1.807) is 18.2 Å². The van der Waals surface area contributed by atoms with Crippen LogP contribution in [0.25, 0.3) is 0 Å². The number of hydrogen-bond acceptors (Lipinski definition) is 5. The summed E-state index contributed by atoms with van der Waals surface area (Å²) in [5, 5.41) is 8.49. The number of aromatic nitrogens is 3. The number of benzene rings is 1. The van der Waals surface area contributed by atoms with Gasteiger partial charge in [0.15, 0.2) is 0 Å². The number of rotatable bonds is 6. The monoisotopic (exact) mass is 295 g/mol. The average Bonchev–Trinajstić information content (AvgIpc) is 2.92. The van der Waals surface area contributed by atoms with Gasteiger partial charge in [0.25, 0.3) is 0 Å². The lowest BCUT2D eigenvalue weighted by atomic mass is 10.4. The second-order valence-electron chi connectivity index (χ2n) is 3.84. The zero-order chi connectivity index (χ0) is 14.4. The lowest BCUT2D eigenvalue weighted by Gasteiger charge is -2.06. The van der Waals surface area contributed by atoms with Crippen molar-refractivity contribution in [1.82, 2.24) is 19.9 Å². The minimum Gasteiger partial charge on any atom is -0.295 e. The summed E-state index contributed by atoms with van der Waals surface area (Å²) in [6.45, 7) is -0.00278. The molecule has 0 aliphatic rings. The molecule has 0 aliphatic heterocycles. The Labute approximate surface area is 115 Å². The van der Waals surface area contributed by atoms with Crippen molar-refractivity contribution >= 4 is 21.9 Å². The molecule has 0 saturated carbocycles. The normalized spacial score (nSPS) is 11.2. The number of nitrogens with zero attached hydrogens (tertiary/aromatic N) is 2. The highest BCUT2D eigenvalue weighted by Crippen LogP contribution is 2.06. The number of carbonyl (C=O) groups excluding carboxylic acids is 1. The van der Waals surface area contributed by atoms with E-state index in [4.69, 9.17) is 0 Å². The van der Waals surface area contributed by atoms with Gasteiger partial charge in [-0.2, -0.15) is 10.1 Å². The first-order valence-electron chi connectivity index (χ1n) is 5.78. The third-order valence-corrected chi connectivity index (χ3v) is 3.85. The minimum absolute atomic E-state index is 0.00278. The van der Waals surface area contributed by atoms with E-state index in [-0.39, 0.29) is 29.7 Å². The number of anilines is 1. The zero-order valence-corrected chi connectivity index (χ0v) is 11.2. The van der Waals surface area contributed by atoms with Crippen LogP contribution in [0, 0.1) is 0 Å². The fourth-order valence-electron chi connectivity index (χ4n) is 1.44. The number of amides is 1. The van der Waals surface area contributed by atoms with E-state index in [2.05, 4.69) is 25.2 Å². The molecular formula is C11H13N5O3S. The van der Waals surface area contributed by atoms with Gasteiger partial charge in [0.1, 0.15) is 6.33 Å². The van der Waals surface area contributed by atoms with Crippen molar-refractivity contribution in [3.05, 3.63) is 36.7 Å². The molecular weight excluding hydrogens is 282 g/mol. The molecule has 0 saturated heterocycles. The molecule has 2 aromatic rings. The number of carbonyl (C=O) groups is 1. The van der Waals surface area contributed by atoms with Crippen LogP contribution in [0.3, 0.4) is 0 Å². The molecule has 8 nitrogen and oxygen atoms in total. The van der Waals surface area contributed by atoms with Crippen LogP contribution in [-0.4, -0.2) is 36.1 Å². The Hall–Kier alpha value is -2.26. The number of hydrogen-bond donors (Lipinski definition) is 3. The van der Waals surface area contributed by atoms with Gasteiger partial charge in [-0.3, -0.25) is 10.1 Å². The Balaban J connectivity index is 1.82. The Morgan fingerprint density at radius 1 is 1.25 bits per heavy atom. The molecule has 20 heavy (non-hydrogen) atoms. The lowest BCUT2D eigenvalue weighted by molar-refractivity contribution is -0.116. The summed E-state index contributed by atoms with van der Waals surface area (Å²) in [6.07, 6.45) is 1.25. The molecule has 106 valence electrons. The molecule has 0 radical (unpaired) electrons. The second kappa shape index (κ2) is 6.26. The molecule has 1 aromatic carbocycles. The molecule has 0 fully saturated rings.